The molecule has 3 nitrogen and oxygen atoms in total. The van der Waals surface area contributed by atoms with Gasteiger partial charge in [0.1, 0.15) is 0 Å². The van der Waals surface area contributed by atoms with Crippen molar-refractivity contribution in [1.82, 2.24) is 0 Å². The summed E-state index contributed by atoms with van der Waals surface area (Å²) in [5, 5.41) is 19.5. The summed E-state index contributed by atoms with van der Waals surface area (Å²) in [6, 6.07) is 0. The van der Waals surface area contributed by atoms with Gasteiger partial charge in [0.25, 0.3) is 0 Å². The lowest BCUT2D eigenvalue weighted by Crippen LogP contribution is -2.47. The Bertz CT molecular complexity index is 731. The Morgan fingerprint density at radius 3 is 2.55 bits per heavy atom. The number of aliphatic hydroxyl groups is 1. The van der Waals surface area contributed by atoms with Gasteiger partial charge in [0.15, 0.2) is 0 Å². The molecule has 0 bridgehead atoms. The second kappa shape index (κ2) is 8.19. The van der Waals surface area contributed by atoms with Crippen molar-refractivity contribution in [3.8, 4) is 0 Å². The fourth-order valence-electron chi connectivity index (χ4n) is 8.74. The third kappa shape index (κ3) is 4.25. The molecule has 4 aliphatic carbocycles. The zero-order valence-electron chi connectivity index (χ0n) is 20.7. The molecule has 0 spiro atoms. The van der Waals surface area contributed by atoms with E-state index in [1.807, 2.05) is 25.0 Å². The van der Waals surface area contributed by atoms with Gasteiger partial charge < -0.3 is 10.2 Å². The molecule has 176 valence electrons. The highest BCUT2D eigenvalue weighted by atomic mass is 16.4. The van der Waals surface area contributed by atoms with Crippen LogP contribution in [0.5, 0.6) is 0 Å². The number of aliphatic carboxylic acids is 1. The van der Waals surface area contributed by atoms with Crippen molar-refractivity contribution in [3.05, 3.63) is 11.1 Å². The van der Waals surface area contributed by atoms with Gasteiger partial charge >= 0.3 is 5.97 Å². The highest BCUT2D eigenvalue weighted by molar-refractivity contribution is 5.67. The van der Waals surface area contributed by atoms with Gasteiger partial charge in [-0.25, -0.2) is 0 Å². The third-order valence-electron chi connectivity index (χ3n) is 10.5. The third-order valence-corrected chi connectivity index (χ3v) is 10.5. The maximum Gasteiger partial charge on any atom is 0.303 e. The number of allylic oxidation sites excluding steroid dienone is 2. The fourth-order valence-corrected chi connectivity index (χ4v) is 8.74. The van der Waals surface area contributed by atoms with Gasteiger partial charge in [-0.1, -0.05) is 31.9 Å². The minimum atomic E-state index is -0.614. The summed E-state index contributed by atoms with van der Waals surface area (Å²) in [6.07, 6.45) is 13.7. The molecule has 0 aromatic rings. The Kier molecular flexibility index (Phi) is 6.16. The first kappa shape index (κ1) is 23.3. The molecule has 0 aromatic carbocycles. The summed E-state index contributed by atoms with van der Waals surface area (Å²) < 4.78 is 0. The monoisotopic (exact) mass is 430 g/mol. The summed E-state index contributed by atoms with van der Waals surface area (Å²) in [5.41, 5.74) is 3.87. The van der Waals surface area contributed by atoms with Gasteiger partial charge in [-0.3, -0.25) is 4.79 Å². The normalized spacial score (nSPS) is 41.4. The van der Waals surface area contributed by atoms with Crippen molar-refractivity contribution >= 4 is 5.97 Å². The summed E-state index contributed by atoms with van der Waals surface area (Å²) in [5.74, 6) is 2.67. The van der Waals surface area contributed by atoms with E-state index in [2.05, 4.69) is 20.8 Å². The maximum absolute atomic E-state index is 11.3. The molecule has 7 atom stereocenters. The molecule has 4 rings (SSSR count). The quantitative estimate of drug-likeness (QED) is 0.447. The number of hydrogen-bond donors (Lipinski definition) is 2. The zero-order valence-corrected chi connectivity index (χ0v) is 20.7. The fraction of sp³-hybridized carbons (Fsp3) is 0.893. The standard InChI is InChI=1S/C28H46O3/c1-18(10-13-26(2,3)31)22-8-9-23-21-7-6-20-16-19(17-25(29)30)11-14-27(20,4)24(21)12-15-28(22,23)5/h18-20,22,24,31H,6-17H2,1-5H3,(H,29,30)/t18-,19?,20-,22-,24+,27+,28-/m1/s1. The number of fused-ring (bicyclic) bond motifs is 4. The Balaban J connectivity index is 1.52. The van der Waals surface area contributed by atoms with Crippen molar-refractivity contribution in [2.75, 3.05) is 0 Å². The topological polar surface area (TPSA) is 57.5 Å². The highest BCUT2D eigenvalue weighted by Crippen LogP contribution is 2.66. The Morgan fingerprint density at radius 2 is 1.87 bits per heavy atom. The first-order valence-electron chi connectivity index (χ1n) is 13.1. The maximum atomic E-state index is 11.3. The van der Waals surface area contributed by atoms with Crippen LogP contribution in [0.2, 0.25) is 0 Å². The molecule has 0 amide bonds. The Morgan fingerprint density at radius 1 is 1.13 bits per heavy atom. The van der Waals surface area contributed by atoms with E-state index >= 15 is 0 Å². The molecule has 0 radical (unpaired) electrons. The summed E-state index contributed by atoms with van der Waals surface area (Å²) in [4.78, 5) is 11.3. The molecule has 31 heavy (non-hydrogen) atoms. The van der Waals surface area contributed by atoms with Crippen molar-refractivity contribution in [1.29, 1.82) is 0 Å². The van der Waals surface area contributed by atoms with Crippen LogP contribution in [-0.4, -0.2) is 21.8 Å². The van der Waals surface area contributed by atoms with Gasteiger partial charge in [-0.05, 0) is 125 Å². The average Bonchev–Trinajstić information content (AvgIpc) is 3.03. The molecular weight excluding hydrogens is 384 g/mol. The molecule has 0 saturated heterocycles. The van der Waals surface area contributed by atoms with Crippen LogP contribution < -0.4 is 0 Å². The van der Waals surface area contributed by atoms with Crippen LogP contribution in [0, 0.1) is 40.4 Å². The first-order valence-corrected chi connectivity index (χ1v) is 13.1. The SMILES string of the molecule is C[C@H](CCC(C)(C)O)[C@H]1CCC2=C3CC[C@@H]4CC(CC(=O)O)CC[C@]4(C)[C@H]3CC[C@@]21C. The average molecular weight is 431 g/mol. The lowest BCUT2D eigenvalue weighted by Gasteiger charge is -2.57. The number of carboxylic acid groups (broad SMARTS) is 1. The second-order valence-corrected chi connectivity index (χ2v) is 13.0. The molecule has 0 aromatic heterocycles. The van der Waals surface area contributed by atoms with E-state index < -0.39 is 11.6 Å². The van der Waals surface area contributed by atoms with E-state index in [1.54, 1.807) is 0 Å². The number of hydrogen-bond acceptors (Lipinski definition) is 2. The summed E-state index contributed by atoms with van der Waals surface area (Å²) in [6.45, 7) is 11.4. The molecule has 1 unspecified atom stereocenters. The molecule has 0 heterocycles. The van der Waals surface area contributed by atoms with E-state index in [9.17, 15) is 15.0 Å². The van der Waals surface area contributed by atoms with Crippen LogP contribution in [-0.2, 0) is 4.79 Å². The minimum absolute atomic E-state index is 0.369. The number of carbonyl (C=O) groups is 1. The van der Waals surface area contributed by atoms with E-state index in [4.69, 9.17) is 0 Å². The van der Waals surface area contributed by atoms with Gasteiger partial charge in [-0.15, -0.1) is 0 Å². The molecule has 4 aliphatic rings. The lowest BCUT2D eigenvalue weighted by atomic mass is 9.48. The van der Waals surface area contributed by atoms with Crippen LogP contribution in [0.1, 0.15) is 112 Å². The second-order valence-electron chi connectivity index (χ2n) is 13.0. The highest BCUT2D eigenvalue weighted by Gasteiger charge is 2.55. The van der Waals surface area contributed by atoms with Crippen LogP contribution >= 0.6 is 0 Å². The smallest absolute Gasteiger partial charge is 0.303 e. The molecule has 3 fully saturated rings. The Labute approximate surface area is 190 Å². The molecule has 3 heteroatoms. The van der Waals surface area contributed by atoms with Crippen LogP contribution in [0.4, 0.5) is 0 Å². The lowest BCUT2D eigenvalue weighted by molar-refractivity contribution is -0.139. The molecule has 0 aliphatic heterocycles. The predicted molar refractivity (Wildman–Crippen MR) is 126 cm³/mol. The Hall–Kier alpha value is -0.830. The first-order chi connectivity index (χ1) is 14.4. The van der Waals surface area contributed by atoms with Crippen molar-refractivity contribution in [2.24, 2.45) is 40.4 Å². The number of carboxylic acids is 1. The van der Waals surface area contributed by atoms with E-state index in [0.29, 0.717) is 35.0 Å². The molecular formula is C28H46O3. The van der Waals surface area contributed by atoms with Gasteiger partial charge in [-0.2, -0.15) is 0 Å². The zero-order chi connectivity index (χ0) is 22.6. The van der Waals surface area contributed by atoms with Crippen LogP contribution in [0.15, 0.2) is 11.1 Å². The van der Waals surface area contributed by atoms with E-state index in [-0.39, 0.29) is 0 Å². The van der Waals surface area contributed by atoms with Crippen LogP contribution in [0.25, 0.3) is 0 Å². The van der Waals surface area contributed by atoms with Crippen molar-refractivity contribution < 1.29 is 15.0 Å². The minimum Gasteiger partial charge on any atom is -0.481 e. The largest absolute Gasteiger partial charge is 0.481 e. The van der Waals surface area contributed by atoms with Crippen molar-refractivity contribution in [2.45, 2.75) is 117 Å². The molecule has 3 saturated carbocycles. The van der Waals surface area contributed by atoms with Crippen molar-refractivity contribution in [3.63, 3.8) is 0 Å². The van der Waals surface area contributed by atoms with Crippen LogP contribution in [0.3, 0.4) is 0 Å². The number of rotatable bonds is 6. The van der Waals surface area contributed by atoms with E-state index in [1.165, 1.54) is 44.9 Å². The van der Waals surface area contributed by atoms with E-state index in [0.717, 1.165) is 37.5 Å². The van der Waals surface area contributed by atoms with Gasteiger partial charge in [0, 0.05) is 6.42 Å². The summed E-state index contributed by atoms with van der Waals surface area (Å²) >= 11 is 0. The molecule has 2 N–H and O–H groups in total. The van der Waals surface area contributed by atoms with Gasteiger partial charge in [0.05, 0.1) is 5.60 Å². The van der Waals surface area contributed by atoms with Gasteiger partial charge in [0.2, 0.25) is 0 Å². The predicted octanol–water partition coefficient (Wildman–Crippen LogP) is 6.99. The summed E-state index contributed by atoms with van der Waals surface area (Å²) in [7, 11) is 0.